The molecule has 0 aliphatic rings. The molecule has 1 atom stereocenters. The molecule has 0 saturated heterocycles. The minimum Gasteiger partial charge on any atom is -0.491 e. The highest BCUT2D eigenvalue weighted by atomic mass is 19.1. The van der Waals surface area contributed by atoms with Crippen molar-refractivity contribution < 1.29 is 18.7 Å². The van der Waals surface area contributed by atoms with Gasteiger partial charge in [0.2, 0.25) is 0 Å². The van der Waals surface area contributed by atoms with Gasteiger partial charge in [0, 0.05) is 0 Å². The molecule has 0 spiro atoms. The number of halogens is 1. The van der Waals surface area contributed by atoms with Crippen molar-refractivity contribution in [2.24, 2.45) is 0 Å². The van der Waals surface area contributed by atoms with Crippen molar-refractivity contribution in [1.29, 1.82) is 0 Å². The van der Waals surface area contributed by atoms with Crippen molar-refractivity contribution in [3.8, 4) is 11.5 Å². The van der Waals surface area contributed by atoms with Crippen molar-refractivity contribution in [3.05, 3.63) is 59.4 Å². The maximum absolute atomic E-state index is 12.9. The van der Waals surface area contributed by atoms with Crippen LogP contribution in [-0.2, 0) is 4.79 Å². The fraction of sp³-hybridized carbons (Fsp3) is 0.350. The maximum atomic E-state index is 12.9. The third-order valence-electron chi connectivity index (χ3n) is 3.76. The van der Waals surface area contributed by atoms with Crippen LogP contribution in [0.2, 0.25) is 0 Å². The summed E-state index contributed by atoms with van der Waals surface area (Å²) in [7, 11) is 0. The molecule has 1 amide bonds. The van der Waals surface area contributed by atoms with Gasteiger partial charge in [-0.1, -0.05) is 19.1 Å². The molecule has 0 aliphatic carbocycles. The first-order valence-corrected chi connectivity index (χ1v) is 8.39. The fourth-order valence-electron chi connectivity index (χ4n) is 2.31. The molecule has 2 aromatic rings. The summed E-state index contributed by atoms with van der Waals surface area (Å²) in [6.45, 7) is 6.61. The Kier molecular flexibility index (Phi) is 6.81. The Morgan fingerprint density at radius 2 is 1.88 bits per heavy atom. The number of rotatable bonds is 8. The first-order valence-electron chi connectivity index (χ1n) is 8.39. The molecule has 1 N–H and O–H groups in total. The second-order valence-electron chi connectivity index (χ2n) is 5.88. The molecular formula is C20H24FNO3. The number of ether oxygens (including phenoxy) is 2. The highest BCUT2D eigenvalue weighted by Crippen LogP contribution is 2.18. The monoisotopic (exact) mass is 345 g/mol. The molecule has 0 aromatic heterocycles. The normalized spacial score (nSPS) is 11.7. The predicted octanol–water partition coefficient (Wildman–Crippen LogP) is 3.80. The zero-order chi connectivity index (χ0) is 18.2. The second kappa shape index (κ2) is 9.06. The van der Waals surface area contributed by atoms with Gasteiger partial charge in [0.05, 0.1) is 6.54 Å². The molecule has 1 unspecified atom stereocenters. The van der Waals surface area contributed by atoms with Crippen molar-refractivity contribution >= 4 is 5.91 Å². The van der Waals surface area contributed by atoms with E-state index in [9.17, 15) is 9.18 Å². The number of hydrogen-bond acceptors (Lipinski definition) is 3. The van der Waals surface area contributed by atoms with E-state index in [1.165, 1.54) is 24.3 Å². The Labute approximate surface area is 148 Å². The zero-order valence-electron chi connectivity index (χ0n) is 14.8. The number of hydrogen-bond donors (Lipinski definition) is 1. The van der Waals surface area contributed by atoms with E-state index >= 15 is 0 Å². The van der Waals surface area contributed by atoms with Gasteiger partial charge in [-0.2, -0.15) is 0 Å². The second-order valence-corrected chi connectivity index (χ2v) is 5.88. The molecular weight excluding hydrogens is 321 g/mol. The third kappa shape index (κ3) is 5.78. The van der Waals surface area contributed by atoms with Gasteiger partial charge in [-0.05, 0) is 61.7 Å². The Hall–Kier alpha value is -2.56. The first kappa shape index (κ1) is 18.8. The summed E-state index contributed by atoms with van der Waals surface area (Å²) in [6, 6.07) is 11.6. The van der Waals surface area contributed by atoms with Gasteiger partial charge in [0.1, 0.15) is 23.9 Å². The van der Waals surface area contributed by atoms with Crippen LogP contribution in [0.5, 0.6) is 11.5 Å². The third-order valence-corrected chi connectivity index (χ3v) is 3.76. The van der Waals surface area contributed by atoms with E-state index in [1.807, 2.05) is 39.0 Å². The molecule has 25 heavy (non-hydrogen) atoms. The Morgan fingerprint density at radius 3 is 2.56 bits per heavy atom. The highest BCUT2D eigenvalue weighted by molar-refractivity contribution is 5.81. The number of amides is 1. The first-order chi connectivity index (χ1) is 12.0. The Morgan fingerprint density at radius 1 is 1.16 bits per heavy atom. The summed E-state index contributed by atoms with van der Waals surface area (Å²) in [5.74, 6) is 0.740. The smallest absolute Gasteiger partial charge is 0.261 e. The number of aryl methyl sites for hydroxylation is 2. The number of carbonyl (C=O) groups excluding carboxylic acids is 1. The summed E-state index contributed by atoms with van der Waals surface area (Å²) in [5, 5.41) is 2.81. The quantitative estimate of drug-likeness (QED) is 0.741. The molecule has 0 fully saturated rings. The molecule has 134 valence electrons. The van der Waals surface area contributed by atoms with Crippen LogP contribution in [0, 0.1) is 19.7 Å². The van der Waals surface area contributed by atoms with E-state index in [2.05, 4.69) is 5.32 Å². The average molecular weight is 345 g/mol. The SMILES string of the molecule is CCC(Oc1ccc(F)cc1)C(=O)NCCOc1cc(C)ccc1C. The van der Waals surface area contributed by atoms with Crippen LogP contribution in [0.1, 0.15) is 24.5 Å². The summed E-state index contributed by atoms with van der Waals surface area (Å²) in [5.41, 5.74) is 2.19. The van der Waals surface area contributed by atoms with Gasteiger partial charge < -0.3 is 14.8 Å². The van der Waals surface area contributed by atoms with Crippen molar-refractivity contribution in [2.75, 3.05) is 13.2 Å². The summed E-state index contributed by atoms with van der Waals surface area (Å²) >= 11 is 0. The lowest BCUT2D eigenvalue weighted by Gasteiger charge is -2.17. The molecule has 0 aliphatic heterocycles. The zero-order valence-corrected chi connectivity index (χ0v) is 14.8. The molecule has 5 heteroatoms. The number of nitrogens with one attached hydrogen (secondary N) is 1. The van der Waals surface area contributed by atoms with Gasteiger partial charge in [-0.15, -0.1) is 0 Å². The molecule has 0 heterocycles. The van der Waals surface area contributed by atoms with E-state index in [-0.39, 0.29) is 11.7 Å². The summed E-state index contributed by atoms with van der Waals surface area (Å²) in [4.78, 5) is 12.2. The number of benzene rings is 2. The Balaban J connectivity index is 1.79. The fourth-order valence-corrected chi connectivity index (χ4v) is 2.31. The van der Waals surface area contributed by atoms with Crippen LogP contribution in [0.4, 0.5) is 4.39 Å². The van der Waals surface area contributed by atoms with E-state index in [0.29, 0.717) is 25.3 Å². The van der Waals surface area contributed by atoms with Gasteiger partial charge in [-0.3, -0.25) is 4.79 Å². The van der Waals surface area contributed by atoms with Gasteiger partial charge in [-0.25, -0.2) is 4.39 Å². The predicted molar refractivity (Wildman–Crippen MR) is 95.5 cm³/mol. The minimum absolute atomic E-state index is 0.212. The standard InChI is InChI=1S/C20H24FNO3/c1-4-18(25-17-9-7-16(21)8-10-17)20(23)22-11-12-24-19-13-14(2)5-6-15(19)3/h5-10,13,18H,4,11-12H2,1-3H3,(H,22,23). The van der Waals surface area contributed by atoms with Crippen LogP contribution in [0.25, 0.3) is 0 Å². The Bertz CT molecular complexity index is 701. The van der Waals surface area contributed by atoms with E-state index in [1.54, 1.807) is 0 Å². The largest absolute Gasteiger partial charge is 0.491 e. The van der Waals surface area contributed by atoms with E-state index in [0.717, 1.165) is 16.9 Å². The van der Waals surface area contributed by atoms with Crippen molar-refractivity contribution in [1.82, 2.24) is 5.32 Å². The van der Waals surface area contributed by atoms with Crippen LogP contribution < -0.4 is 14.8 Å². The van der Waals surface area contributed by atoms with Crippen molar-refractivity contribution in [2.45, 2.75) is 33.3 Å². The topological polar surface area (TPSA) is 47.6 Å². The van der Waals surface area contributed by atoms with E-state index < -0.39 is 6.10 Å². The molecule has 0 bridgehead atoms. The molecule has 0 saturated carbocycles. The van der Waals surface area contributed by atoms with Gasteiger partial charge >= 0.3 is 0 Å². The van der Waals surface area contributed by atoms with Gasteiger partial charge in [0.25, 0.3) is 5.91 Å². The highest BCUT2D eigenvalue weighted by Gasteiger charge is 2.17. The molecule has 4 nitrogen and oxygen atoms in total. The minimum atomic E-state index is -0.619. The molecule has 2 rings (SSSR count). The average Bonchev–Trinajstić information content (AvgIpc) is 2.60. The lowest BCUT2D eigenvalue weighted by molar-refractivity contribution is -0.128. The maximum Gasteiger partial charge on any atom is 0.261 e. The van der Waals surface area contributed by atoms with Crippen LogP contribution in [0.15, 0.2) is 42.5 Å². The van der Waals surface area contributed by atoms with Crippen LogP contribution in [-0.4, -0.2) is 25.2 Å². The summed E-state index contributed by atoms with van der Waals surface area (Å²) < 4.78 is 24.2. The molecule has 2 aromatic carbocycles. The summed E-state index contributed by atoms with van der Waals surface area (Å²) in [6.07, 6.45) is -0.104. The number of carbonyl (C=O) groups is 1. The molecule has 0 radical (unpaired) electrons. The van der Waals surface area contributed by atoms with Crippen LogP contribution >= 0.6 is 0 Å². The van der Waals surface area contributed by atoms with Gasteiger partial charge in [0.15, 0.2) is 6.10 Å². The van der Waals surface area contributed by atoms with Crippen LogP contribution in [0.3, 0.4) is 0 Å². The lowest BCUT2D eigenvalue weighted by atomic mass is 10.1. The lowest BCUT2D eigenvalue weighted by Crippen LogP contribution is -2.39. The van der Waals surface area contributed by atoms with E-state index in [4.69, 9.17) is 9.47 Å². The van der Waals surface area contributed by atoms with Crippen molar-refractivity contribution in [3.63, 3.8) is 0 Å².